The van der Waals surface area contributed by atoms with Crippen molar-refractivity contribution in [3.63, 3.8) is 0 Å². The molecule has 1 aromatic rings. The lowest BCUT2D eigenvalue weighted by Crippen LogP contribution is -2.16. The standard InChI is InChI=1S/C13H16I2N2O2/c1-2-3-4-5-12(18)17-16-8-9-6-10(14)7-11(15)13(9)19/h6-8,19H,2-5H2,1H3,(H,17,18)/b16-8+. The SMILES string of the molecule is CCCCCC(=O)N/N=C/c1cc(I)cc(I)c1O. The van der Waals surface area contributed by atoms with Crippen molar-refractivity contribution >= 4 is 57.3 Å². The molecule has 0 bridgehead atoms. The molecule has 1 amide bonds. The fraction of sp³-hybridized carbons (Fsp3) is 0.385. The van der Waals surface area contributed by atoms with Crippen molar-refractivity contribution in [1.29, 1.82) is 0 Å². The normalized spacial score (nSPS) is 10.9. The Hall–Kier alpha value is -0.380. The zero-order chi connectivity index (χ0) is 14.3. The number of hydrogen-bond acceptors (Lipinski definition) is 3. The highest BCUT2D eigenvalue weighted by molar-refractivity contribution is 14.1. The molecule has 0 saturated heterocycles. The van der Waals surface area contributed by atoms with E-state index in [0.29, 0.717) is 12.0 Å². The molecule has 4 nitrogen and oxygen atoms in total. The summed E-state index contributed by atoms with van der Waals surface area (Å²) in [5.41, 5.74) is 3.07. The molecule has 1 rings (SSSR count). The summed E-state index contributed by atoms with van der Waals surface area (Å²) in [5.74, 6) is 0.0921. The van der Waals surface area contributed by atoms with Crippen molar-refractivity contribution < 1.29 is 9.90 Å². The number of phenolic OH excluding ortho intramolecular Hbond substituents is 1. The molecule has 0 aliphatic heterocycles. The van der Waals surface area contributed by atoms with E-state index in [1.165, 1.54) is 6.21 Å². The molecule has 0 aliphatic carbocycles. The van der Waals surface area contributed by atoms with E-state index < -0.39 is 0 Å². The minimum absolute atomic E-state index is 0.0930. The molecule has 0 unspecified atom stereocenters. The first-order valence-electron chi connectivity index (χ1n) is 6.04. The third kappa shape index (κ3) is 6.07. The van der Waals surface area contributed by atoms with Crippen LogP contribution in [0.5, 0.6) is 5.75 Å². The molecule has 0 spiro atoms. The van der Waals surface area contributed by atoms with Crippen molar-refractivity contribution in [2.45, 2.75) is 32.6 Å². The Kier molecular flexibility index (Phi) is 7.66. The van der Waals surface area contributed by atoms with E-state index >= 15 is 0 Å². The summed E-state index contributed by atoms with van der Waals surface area (Å²) in [6.45, 7) is 2.09. The molecule has 104 valence electrons. The molecule has 2 N–H and O–H groups in total. The van der Waals surface area contributed by atoms with Gasteiger partial charge in [0.15, 0.2) is 0 Å². The molecule has 0 radical (unpaired) electrons. The lowest BCUT2D eigenvalue weighted by atomic mass is 10.2. The Bertz CT molecular complexity index is 476. The third-order valence-electron chi connectivity index (χ3n) is 2.46. The summed E-state index contributed by atoms with van der Waals surface area (Å²) in [6, 6.07) is 3.68. The number of benzene rings is 1. The quantitative estimate of drug-likeness (QED) is 0.280. The molecular weight excluding hydrogens is 470 g/mol. The Morgan fingerprint density at radius 3 is 2.84 bits per heavy atom. The van der Waals surface area contributed by atoms with Crippen LogP contribution in [0.15, 0.2) is 17.2 Å². The van der Waals surface area contributed by atoms with Crippen LogP contribution in [0.3, 0.4) is 0 Å². The number of amides is 1. The number of carbonyl (C=O) groups is 1. The van der Waals surface area contributed by atoms with Crippen LogP contribution in [0.25, 0.3) is 0 Å². The average Bonchev–Trinajstić information content (AvgIpc) is 2.35. The molecule has 0 aliphatic rings. The van der Waals surface area contributed by atoms with Crippen LogP contribution in [-0.4, -0.2) is 17.2 Å². The van der Waals surface area contributed by atoms with Gasteiger partial charge in [-0.2, -0.15) is 5.10 Å². The van der Waals surface area contributed by atoms with Gasteiger partial charge in [0.1, 0.15) is 5.75 Å². The van der Waals surface area contributed by atoms with Gasteiger partial charge in [0.2, 0.25) is 5.91 Å². The number of nitrogens with zero attached hydrogens (tertiary/aromatic N) is 1. The van der Waals surface area contributed by atoms with Crippen LogP contribution in [0.2, 0.25) is 0 Å². The molecular formula is C13H16I2N2O2. The minimum Gasteiger partial charge on any atom is -0.506 e. The second-order valence-corrected chi connectivity index (χ2v) is 6.48. The summed E-state index contributed by atoms with van der Waals surface area (Å²) < 4.78 is 1.77. The monoisotopic (exact) mass is 486 g/mol. The lowest BCUT2D eigenvalue weighted by molar-refractivity contribution is -0.121. The van der Waals surface area contributed by atoms with Gasteiger partial charge in [-0.1, -0.05) is 19.8 Å². The Morgan fingerprint density at radius 1 is 1.42 bits per heavy atom. The number of carbonyl (C=O) groups excluding carboxylic acids is 1. The van der Waals surface area contributed by atoms with Crippen molar-refractivity contribution in [2.24, 2.45) is 5.10 Å². The molecule has 19 heavy (non-hydrogen) atoms. The predicted molar refractivity (Wildman–Crippen MR) is 93.4 cm³/mol. The van der Waals surface area contributed by atoms with Gasteiger partial charge in [-0.05, 0) is 63.7 Å². The predicted octanol–water partition coefficient (Wildman–Crippen LogP) is 3.63. The molecule has 1 aromatic carbocycles. The first-order valence-corrected chi connectivity index (χ1v) is 8.20. The van der Waals surface area contributed by atoms with E-state index in [1.807, 2.05) is 12.1 Å². The van der Waals surface area contributed by atoms with Crippen LogP contribution in [0.1, 0.15) is 38.2 Å². The lowest BCUT2D eigenvalue weighted by Gasteiger charge is -2.03. The van der Waals surface area contributed by atoms with Crippen molar-refractivity contribution in [3.8, 4) is 5.75 Å². The second-order valence-electron chi connectivity index (χ2n) is 4.08. The summed E-state index contributed by atoms with van der Waals surface area (Å²) in [5, 5.41) is 13.7. The number of nitrogens with one attached hydrogen (secondary N) is 1. The highest BCUT2D eigenvalue weighted by Crippen LogP contribution is 2.25. The van der Waals surface area contributed by atoms with Crippen molar-refractivity contribution in [3.05, 3.63) is 24.8 Å². The fourth-order valence-electron chi connectivity index (χ4n) is 1.45. The van der Waals surface area contributed by atoms with Gasteiger partial charge in [-0.3, -0.25) is 4.79 Å². The van der Waals surface area contributed by atoms with Crippen LogP contribution in [0, 0.1) is 7.14 Å². The van der Waals surface area contributed by atoms with Crippen LogP contribution >= 0.6 is 45.2 Å². The van der Waals surface area contributed by atoms with Gasteiger partial charge < -0.3 is 5.11 Å². The number of halogens is 2. The largest absolute Gasteiger partial charge is 0.506 e. The van der Waals surface area contributed by atoms with E-state index in [2.05, 4.69) is 62.6 Å². The fourth-order valence-corrected chi connectivity index (χ4v) is 3.34. The van der Waals surface area contributed by atoms with Crippen LogP contribution < -0.4 is 5.43 Å². The van der Waals surface area contributed by atoms with Crippen LogP contribution in [0.4, 0.5) is 0 Å². The highest BCUT2D eigenvalue weighted by atomic mass is 127. The number of aromatic hydroxyl groups is 1. The molecule has 0 fully saturated rings. The van der Waals surface area contributed by atoms with Crippen LogP contribution in [-0.2, 0) is 4.79 Å². The molecule has 0 heterocycles. The van der Waals surface area contributed by atoms with E-state index in [0.717, 1.165) is 26.4 Å². The summed E-state index contributed by atoms with van der Waals surface area (Å²) in [6.07, 6.45) is 4.97. The maximum Gasteiger partial charge on any atom is 0.240 e. The summed E-state index contributed by atoms with van der Waals surface area (Å²) >= 11 is 4.23. The van der Waals surface area contributed by atoms with E-state index in [4.69, 9.17) is 0 Å². The number of unbranched alkanes of at least 4 members (excludes halogenated alkanes) is 2. The Balaban J connectivity index is 2.55. The van der Waals surface area contributed by atoms with Gasteiger partial charge in [0.05, 0.1) is 9.78 Å². The Labute approximate surface area is 140 Å². The molecule has 0 aromatic heterocycles. The van der Waals surface area contributed by atoms with Gasteiger partial charge in [0.25, 0.3) is 0 Å². The van der Waals surface area contributed by atoms with E-state index in [1.54, 1.807) is 0 Å². The van der Waals surface area contributed by atoms with Crippen molar-refractivity contribution in [1.82, 2.24) is 5.43 Å². The summed E-state index contributed by atoms with van der Waals surface area (Å²) in [7, 11) is 0. The van der Waals surface area contributed by atoms with E-state index in [9.17, 15) is 9.90 Å². The smallest absolute Gasteiger partial charge is 0.240 e. The first kappa shape index (κ1) is 16.7. The molecule has 6 heteroatoms. The zero-order valence-corrected chi connectivity index (χ0v) is 14.9. The average molecular weight is 486 g/mol. The minimum atomic E-state index is -0.0930. The van der Waals surface area contributed by atoms with Crippen molar-refractivity contribution in [2.75, 3.05) is 0 Å². The number of phenols is 1. The zero-order valence-electron chi connectivity index (χ0n) is 10.6. The maximum absolute atomic E-state index is 11.4. The number of hydrogen-bond donors (Lipinski definition) is 2. The topological polar surface area (TPSA) is 61.7 Å². The van der Waals surface area contributed by atoms with Gasteiger partial charge in [-0.15, -0.1) is 0 Å². The summed E-state index contributed by atoms with van der Waals surface area (Å²) in [4.78, 5) is 11.4. The molecule has 0 saturated carbocycles. The van der Waals surface area contributed by atoms with Gasteiger partial charge >= 0.3 is 0 Å². The third-order valence-corrected chi connectivity index (χ3v) is 3.90. The molecule has 0 atom stereocenters. The second kappa shape index (κ2) is 8.72. The maximum atomic E-state index is 11.4. The van der Waals surface area contributed by atoms with E-state index in [-0.39, 0.29) is 11.7 Å². The number of hydrazone groups is 1. The Morgan fingerprint density at radius 2 is 2.16 bits per heavy atom. The van der Waals surface area contributed by atoms with Gasteiger partial charge in [-0.25, -0.2) is 5.43 Å². The van der Waals surface area contributed by atoms with Gasteiger partial charge in [0, 0.05) is 15.6 Å². The number of rotatable bonds is 6. The first-order chi connectivity index (χ1) is 9.04. The highest BCUT2D eigenvalue weighted by Gasteiger charge is 2.05.